The summed E-state index contributed by atoms with van der Waals surface area (Å²) >= 11 is 0. The van der Waals surface area contributed by atoms with Gasteiger partial charge in [0.1, 0.15) is 0 Å². The number of carbonyl (C=O) groups is 1. The number of fused-ring (bicyclic) bond motifs is 1. The summed E-state index contributed by atoms with van der Waals surface area (Å²) in [5.41, 5.74) is 8.88. The molecule has 3 aliphatic rings. The molecule has 3 fully saturated rings. The van der Waals surface area contributed by atoms with Gasteiger partial charge in [0, 0.05) is 76.2 Å². The monoisotopic (exact) mass is 507 g/mol. The van der Waals surface area contributed by atoms with E-state index in [0.717, 1.165) is 74.4 Å². The van der Waals surface area contributed by atoms with Crippen molar-refractivity contribution in [3.8, 4) is 11.3 Å². The van der Waals surface area contributed by atoms with Gasteiger partial charge in [0.05, 0.1) is 30.0 Å². The van der Waals surface area contributed by atoms with Gasteiger partial charge >= 0.3 is 6.03 Å². The lowest BCUT2D eigenvalue weighted by molar-refractivity contribution is 0.113. The molecule has 0 bridgehead atoms. The molecule has 13 nitrogen and oxygen atoms in total. The first kappa shape index (κ1) is 23.8. The molecule has 0 aliphatic carbocycles. The number of aromatic amines is 1. The van der Waals surface area contributed by atoms with Crippen LogP contribution in [0.2, 0.25) is 0 Å². The van der Waals surface area contributed by atoms with E-state index in [1.54, 1.807) is 12.4 Å². The molecule has 0 saturated carbocycles. The number of hydrogen-bond donors (Lipinski definition) is 2. The number of rotatable bonds is 3. The van der Waals surface area contributed by atoms with E-state index >= 15 is 0 Å². The van der Waals surface area contributed by atoms with Crippen LogP contribution in [0.5, 0.6) is 0 Å². The fraction of sp³-hybridized carbons (Fsp3) is 0.583. The number of amides is 2. The SMILES string of the molecule is CN1CCN(C(=O)N2CCC(c3n[nH]c4nc(N5CCOCC5)nc(-c5cnc(N)nc5)c34)CC2)CC1. The van der Waals surface area contributed by atoms with Crippen LogP contribution in [0.3, 0.4) is 0 Å². The lowest BCUT2D eigenvalue weighted by Crippen LogP contribution is -2.53. The highest BCUT2D eigenvalue weighted by Gasteiger charge is 2.31. The molecule has 3 N–H and O–H groups in total. The Hall–Kier alpha value is -3.58. The van der Waals surface area contributed by atoms with Crippen molar-refractivity contribution in [1.29, 1.82) is 0 Å². The number of H-pyrrole nitrogens is 1. The molecule has 3 aromatic heterocycles. The Morgan fingerprint density at radius 3 is 2.35 bits per heavy atom. The number of nitrogens with one attached hydrogen (secondary N) is 1. The van der Waals surface area contributed by atoms with Crippen molar-refractivity contribution in [1.82, 2.24) is 44.8 Å². The van der Waals surface area contributed by atoms with E-state index in [-0.39, 0.29) is 17.9 Å². The molecule has 0 atom stereocenters. The quantitative estimate of drug-likeness (QED) is 0.521. The fourth-order valence-corrected chi connectivity index (χ4v) is 5.35. The maximum atomic E-state index is 13.1. The van der Waals surface area contributed by atoms with Gasteiger partial charge in [0.2, 0.25) is 11.9 Å². The van der Waals surface area contributed by atoms with Crippen LogP contribution in [0.4, 0.5) is 16.7 Å². The van der Waals surface area contributed by atoms with Crippen molar-refractivity contribution >= 4 is 29.0 Å². The van der Waals surface area contributed by atoms with Gasteiger partial charge in [-0.05, 0) is 19.9 Å². The first-order chi connectivity index (χ1) is 18.1. The van der Waals surface area contributed by atoms with E-state index in [1.165, 1.54) is 0 Å². The van der Waals surface area contributed by atoms with Gasteiger partial charge in [0.15, 0.2) is 5.65 Å². The number of hydrogen-bond acceptors (Lipinski definition) is 10. The zero-order chi connectivity index (χ0) is 25.4. The minimum absolute atomic E-state index is 0.150. The number of anilines is 2. The Kier molecular flexibility index (Phi) is 6.47. The number of nitrogens with zero attached hydrogens (tertiary/aromatic N) is 9. The predicted octanol–water partition coefficient (Wildman–Crippen LogP) is 0.776. The third-order valence-corrected chi connectivity index (χ3v) is 7.60. The zero-order valence-electron chi connectivity index (χ0n) is 21.1. The van der Waals surface area contributed by atoms with Gasteiger partial charge in [-0.15, -0.1) is 0 Å². The number of morpholine rings is 1. The normalized spacial score (nSPS) is 20.1. The van der Waals surface area contributed by atoms with E-state index < -0.39 is 0 Å². The van der Waals surface area contributed by atoms with Gasteiger partial charge in [0.25, 0.3) is 0 Å². The predicted molar refractivity (Wildman–Crippen MR) is 138 cm³/mol. The second-order valence-corrected chi connectivity index (χ2v) is 9.97. The largest absolute Gasteiger partial charge is 0.378 e. The molecule has 6 heterocycles. The summed E-state index contributed by atoms with van der Waals surface area (Å²) in [6.07, 6.45) is 5.06. The highest BCUT2D eigenvalue weighted by Crippen LogP contribution is 2.36. The average molecular weight is 508 g/mol. The highest BCUT2D eigenvalue weighted by molar-refractivity contribution is 5.93. The number of likely N-dealkylation sites (N-methyl/N-ethyl adjacent to an activating group) is 1. The third kappa shape index (κ3) is 4.76. The first-order valence-electron chi connectivity index (χ1n) is 13.0. The van der Waals surface area contributed by atoms with Crippen LogP contribution in [-0.4, -0.2) is 123 Å². The third-order valence-electron chi connectivity index (χ3n) is 7.60. The molecule has 3 saturated heterocycles. The van der Waals surface area contributed by atoms with Gasteiger partial charge in [-0.2, -0.15) is 10.1 Å². The number of nitrogen functional groups attached to an aromatic ring is 1. The van der Waals surface area contributed by atoms with E-state index in [4.69, 9.17) is 25.5 Å². The molecule has 3 aliphatic heterocycles. The number of likely N-dealkylation sites (tertiary alicyclic amines) is 1. The van der Waals surface area contributed by atoms with Gasteiger partial charge in [-0.3, -0.25) is 5.10 Å². The summed E-state index contributed by atoms with van der Waals surface area (Å²) in [5.74, 6) is 1.04. The summed E-state index contributed by atoms with van der Waals surface area (Å²) in [5, 5.41) is 8.76. The molecule has 37 heavy (non-hydrogen) atoms. The number of carbonyl (C=O) groups excluding carboxylic acids is 1. The summed E-state index contributed by atoms with van der Waals surface area (Å²) in [6.45, 7) is 7.56. The van der Waals surface area contributed by atoms with Crippen molar-refractivity contribution in [3.05, 3.63) is 18.1 Å². The Labute approximate surface area is 215 Å². The minimum Gasteiger partial charge on any atom is -0.378 e. The van der Waals surface area contributed by atoms with Crippen LogP contribution in [0, 0.1) is 0 Å². The van der Waals surface area contributed by atoms with Gasteiger partial charge < -0.3 is 30.1 Å². The molecule has 0 unspecified atom stereocenters. The zero-order valence-corrected chi connectivity index (χ0v) is 21.1. The van der Waals surface area contributed by atoms with E-state index in [2.05, 4.69) is 31.9 Å². The minimum atomic E-state index is 0.150. The molecule has 196 valence electrons. The molecule has 0 radical (unpaired) electrons. The van der Waals surface area contributed by atoms with Crippen LogP contribution in [0.25, 0.3) is 22.3 Å². The van der Waals surface area contributed by atoms with Gasteiger partial charge in [-0.25, -0.2) is 19.7 Å². The standard InChI is InChI=1S/C24H33N11O2/c1-32-6-8-35(9-7-32)24(36)34-4-2-16(3-5-34)20-18-19(17-14-26-22(25)27-15-17)28-23(29-21(18)31-30-20)33-10-12-37-13-11-33/h14-16H,2-13H2,1H3,(H2,25,26,27)(H,28,29,30,31). The summed E-state index contributed by atoms with van der Waals surface area (Å²) < 4.78 is 5.50. The van der Waals surface area contributed by atoms with Crippen molar-refractivity contribution in [2.45, 2.75) is 18.8 Å². The highest BCUT2D eigenvalue weighted by atomic mass is 16.5. The van der Waals surface area contributed by atoms with Crippen LogP contribution in [0.1, 0.15) is 24.5 Å². The van der Waals surface area contributed by atoms with E-state index in [1.807, 2.05) is 9.80 Å². The number of piperazine rings is 1. The number of piperidine rings is 1. The number of nitrogens with two attached hydrogens (primary N) is 1. The smallest absolute Gasteiger partial charge is 0.320 e. The molecular formula is C24H33N11O2. The summed E-state index contributed by atoms with van der Waals surface area (Å²) in [7, 11) is 2.10. The number of aromatic nitrogens is 6. The van der Waals surface area contributed by atoms with Crippen molar-refractivity contribution in [2.24, 2.45) is 0 Å². The average Bonchev–Trinajstić information content (AvgIpc) is 3.38. The second-order valence-electron chi connectivity index (χ2n) is 9.97. The Bertz CT molecular complexity index is 1240. The first-order valence-corrected chi connectivity index (χ1v) is 13.0. The van der Waals surface area contributed by atoms with E-state index in [9.17, 15) is 4.79 Å². The second kappa shape index (κ2) is 10.1. The maximum Gasteiger partial charge on any atom is 0.320 e. The van der Waals surface area contributed by atoms with Gasteiger partial charge in [-0.1, -0.05) is 0 Å². The topological polar surface area (TPSA) is 146 Å². The molecule has 0 aromatic carbocycles. The van der Waals surface area contributed by atoms with E-state index in [0.29, 0.717) is 37.9 Å². The molecular weight excluding hydrogens is 474 g/mol. The Morgan fingerprint density at radius 1 is 0.973 bits per heavy atom. The molecule has 6 rings (SSSR count). The Balaban J connectivity index is 1.27. The summed E-state index contributed by atoms with van der Waals surface area (Å²) in [4.78, 5) is 39.6. The molecule has 0 spiro atoms. The molecule has 13 heteroatoms. The van der Waals surface area contributed by atoms with Crippen molar-refractivity contribution in [2.75, 3.05) is 83.3 Å². The molecule has 3 aromatic rings. The van der Waals surface area contributed by atoms with Crippen LogP contribution < -0.4 is 10.6 Å². The van der Waals surface area contributed by atoms with Crippen LogP contribution in [0.15, 0.2) is 12.4 Å². The molecule has 2 amide bonds. The fourth-order valence-electron chi connectivity index (χ4n) is 5.35. The Morgan fingerprint density at radius 2 is 1.65 bits per heavy atom. The maximum absolute atomic E-state index is 13.1. The number of urea groups is 1. The van der Waals surface area contributed by atoms with Crippen molar-refractivity contribution in [3.63, 3.8) is 0 Å². The lowest BCUT2D eigenvalue weighted by atomic mass is 9.91. The van der Waals surface area contributed by atoms with Crippen LogP contribution in [-0.2, 0) is 4.74 Å². The number of ether oxygens (including phenoxy) is 1. The summed E-state index contributed by atoms with van der Waals surface area (Å²) in [6, 6.07) is 0.150. The lowest BCUT2D eigenvalue weighted by Gasteiger charge is -2.38. The van der Waals surface area contributed by atoms with Crippen LogP contribution >= 0.6 is 0 Å². The van der Waals surface area contributed by atoms with Crippen molar-refractivity contribution < 1.29 is 9.53 Å².